The number of carbonyl (C=O) groups is 1. The van der Waals surface area contributed by atoms with E-state index in [9.17, 15) is 4.79 Å². The quantitative estimate of drug-likeness (QED) is 0.790. The van der Waals surface area contributed by atoms with E-state index in [1.54, 1.807) is 19.2 Å². The van der Waals surface area contributed by atoms with Gasteiger partial charge in [0.25, 0.3) is 5.91 Å². The van der Waals surface area contributed by atoms with Crippen LogP contribution in [0.3, 0.4) is 0 Å². The lowest BCUT2D eigenvalue weighted by Crippen LogP contribution is -2.32. The Labute approximate surface area is 165 Å². The highest BCUT2D eigenvalue weighted by Crippen LogP contribution is 2.35. The smallest absolute Gasteiger partial charge is 0.254 e. The van der Waals surface area contributed by atoms with Crippen LogP contribution in [0.25, 0.3) is 0 Å². The van der Waals surface area contributed by atoms with Gasteiger partial charge < -0.3 is 18.9 Å². The molecule has 0 spiro atoms. The Morgan fingerprint density at radius 2 is 2.04 bits per heavy atom. The van der Waals surface area contributed by atoms with Crippen LogP contribution in [0.1, 0.15) is 67.1 Å². The molecule has 1 amide bonds. The lowest BCUT2D eigenvalue weighted by Gasteiger charge is -2.25. The Bertz CT molecular complexity index is 848. The van der Waals surface area contributed by atoms with Gasteiger partial charge in [-0.25, -0.2) is 0 Å². The molecule has 2 aliphatic heterocycles. The summed E-state index contributed by atoms with van der Waals surface area (Å²) in [6, 6.07) is 5.38. The van der Waals surface area contributed by atoms with Crippen molar-refractivity contribution in [2.75, 3.05) is 20.3 Å². The molecule has 3 heterocycles. The van der Waals surface area contributed by atoms with Crippen molar-refractivity contribution < 1.29 is 14.3 Å². The molecule has 1 atom stereocenters. The number of likely N-dealkylation sites (tertiary alicyclic amines) is 1. The van der Waals surface area contributed by atoms with E-state index in [4.69, 9.17) is 9.47 Å². The van der Waals surface area contributed by atoms with Gasteiger partial charge in [-0.3, -0.25) is 4.79 Å². The highest BCUT2D eigenvalue weighted by Gasteiger charge is 2.35. The molecule has 7 nitrogen and oxygen atoms in total. The predicted molar refractivity (Wildman–Crippen MR) is 105 cm³/mol. The molecule has 1 aromatic heterocycles. The van der Waals surface area contributed by atoms with Crippen LogP contribution in [0.5, 0.6) is 11.5 Å². The SMILES string of the molecule is CCOc1cc(C(=O)N2CCCC2c2nnc3n2CCCCC3)ccc1OC. The molecule has 2 aliphatic rings. The number of hydrogen-bond donors (Lipinski definition) is 0. The third-order valence-electron chi connectivity index (χ3n) is 5.66. The summed E-state index contributed by atoms with van der Waals surface area (Å²) in [6.45, 7) is 4.13. The van der Waals surface area contributed by atoms with E-state index in [-0.39, 0.29) is 11.9 Å². The number of fused-ring (bicyclic) bond motifs is 1. The summed E-state index contributed by atoms with van der Waals surface area (Å²) in [5.41, 5.74) is 0.617. The summed E-state index contributed by atoms with van der Waals surface area (Å²) in [7, 11) is 1.60. The molecule has 0 radical (unpaired) electrons. The molecule has 0 N–H and O–H groups in total. The zero-order valence-corrected chi connectivity index (χ0v) is 16.7. The van der Waals surface area contributed by atoms with Crippen LogP contribution in [0.2, 0.25) is 0 Å². The maximum absolute atomic E-state index is 13.3. The molecule has 150 valence electrons. The molecule has 28 heavy (non-hydrogen) atoms. The maximum Gasteiger partial charge on any atom is 0.254 e. The van der Waals surface area contributed by atoms with Crippen molar-refractivity contribution in [3.05, 3.63) is 35.4 Å². The van der Waals surface area contributed by atoms with Crippen LogP contribution in [-0.4, -0.2) is 45.8 Å². The number of aromatic nitrogens is 3. The zero-order valence-electron chi connectivity index (χ0n) is 16.7. The second kappa shape index (κ2) is 8.20. The Morgan fingerprint density at radius 3 is 2.86 bits per heavy atom. The lowest BCUT2D eigenvalue weighted by atomic mass is 10.1. The van der Waals surface area contributed by atoms with Gasteiger partial charge in [0.05, 0.1) is 19.8 Å². The minimum Gasteiger partial charge on any atom is -0.493 e. The summed E-state index contributed by atoms with van der Waals surface area (Å²) in [4.78, 5) is 15.3. The van der Waals surface area contributed by atoms with E-state index >= 15 is 0 Å². The van der Waals surface area contributed by atoms with E-state index in [0.29, 0.717) is 23.7 Å². The molecule has 2 aromatic rings. The number of hydrogen-bond acceptors (Lipinski definition) is 5. The van der Waals surface area contributed by atoms with Crippen LogP contribution in [0.4, 0.5) is 0 Å². The first-order valence-corrected chi connectivity index (χ1v) is 10.3. The highest BCUT2D eigenvalue weighted by molar-refractivity contribution is 5.95. The first-order valence-electron chi connectivity index (χ1n) is 10.3. The number of carbonyl (C=O) groups excluding carboxylic acids is 1. The lowest BCUT2D eigenvalue weighted by molar-refractivity contribution is 0.0726. The fourth-order valence-corrected chi connectivity index (χ4v) is 4.28. The summed E-state index contributed by atoms with van der Waals surface area (Å²) >= 11 is 0. The number of ether oxygens (including phenoxy) is 2. The van der Waals surface area contributed by atoms with Gasteiger partial charge in [0, 0.05) is 25.1 Å². The summed E-state index contributed by atoms with van der Waals surface area (Å²) in [5, 5.41) is 8.92. The summed E-state index contributed by atoms with van der Waals surface area (Å²) < 4.78 is 13.2. The monoisotopic (exact) mass is 384 g/mol. The molecular weight excluding hydrogens is 356 g/mol. The maximum atomic E-state index is 13.3. The van der Waals surface area contributed by atoms with Gasteiger partial charge >= 0.3 is 0 Å². The Hall–Kier alpha value is -2.57. The van der Waals surface area contributed by atoms with Crippen molar-refractivity contribution in [1.82, 2.24) is 19.7 Å². The molecule has 0 saturated carbocycles. The Kier molecular flexibility index (Phi) is 5.50. The molecule has 0 bridgehead atoms. The van der Waals surface area contributed by atoms with E-state index in [1.807, 2.05) is 17.9 Å². The molecule has 7 heteroatoms. The average molecular weight is 384 g/mol. The predicted octanol–water partition coefficient (Wildman–Crippen LogP) is 3.39. The topological polar surface area (TPSA) is 69.5 Å². The van der Waals surface area contributed by atoms with E-state index in [1.165, 1.54) is 6.42 Å². The van der Waals surface area contributed by atoms with Gasteiger partial charge in [0.1, 0.15) is 5.82 Å². The molecule has 1 aromatic carbocycles. The number of aryl methyl sites for hydroxylation is 1. The standard InChI is InChI=1S/C21H28N4O3/c1-3-28-18-14-15(10-11-17(18)27-2)21(26)24-13-7-8-16(24)20-23-22-19-9-5-4-6-12-25(19)20/h10-11,14,16H,3-9,12-13H2,1-2H3. The molecular formula is C21H28N4O3. The third-order valence-corrected chi connectivity index (χ3v) is 5.66. The van der Waals surface area contributed by atoms with Crippen molar-refractivity contribution in [3.8, 4) is 11.5 Å². The van der Waals surface area contributed by atoms with Gasteiger partial charge in [-0.1, -0.05) is 6.42 Å². The Morgan fingerprint density at radius 1 is 1.14 bits per heavy atom. The van der Waals surface area contributed by atoms with Crippen molar-refractivity contribution in [1.29, 1.82) is 0 Å². The van der Waals surface area contributed by atoms with Crippen LogP contribution >= 0.6 is 0 Å². The van der Waals surface area contributed by atoms with Crippen molar-refractivity contribution in [2.24, 2.45) is 0 Å². The molecule has 1 saturated heterocycles. The fraction of sp³-hybridized carbons (Fsp3) is 0.571. The number of amides is 1. The number of nitrogens with zero attached hydrogens (tertiary/aromatic N) is 4. The summed E-state index contributed by atoms with van der Waals surface area (Å²) in [6.07, 6.45) is 6.42. The number of methoxy groups -OCH3 is 1. The van der Waals surface area contributed by atoms with Gasteiger partial charge in [-0.15, -0.1) is 10.2 Å². The first-order chi connectivity index (χ1) is 13.7. The fourth-order valence-electron chi connectivity index (χ4n) is 4.28. The van der Waals surface area contributed by atoms with E-state index in [2.05, 4.69) is 14.8 Å². The van der Waals surface area contributed by atoms with Crippen LogP contribution in [0.15, 0.2) is 18.2 Å². The van der Waals surface area contributed by atoms with Crippen molar-refractivity contribution in [3.63, 3.8) is 0 Å². The van der Waals surface area contributed by atoms with Gasteiger partial charge in [-0.2, -0.15) is 0 Å². The average Bonchev–Trinajstić information content (AvgIpc) is 3.28. The zero-order chi connectivity index (χ0) is 19.5. The molecule has 1 fully saturated rings. The number of rotatable bonds is 5. The largest absolute Gasteiger partial charge is 0.493 e. The summed E-state index contributed by atoms with van der Waals surface area (Å²) in [5.74, 6) is 3.26. The van der Waals surface area contributed by atoms with Crippen molar-refractivity contribution >= 4 is 5.91 Å². The Balaban J connectivity index is 1.61. The van der Waals surface area contributed by atoms with Gasteiger partial charge in [0.2, 0.25) is 0 Å². The van der Waals surface area contributed by atoms with Gasteiger partial charge in [-0.05, 0) is 50.8 Å². The van der Waals surface area contributed by atoms with Crippen molar-refractivity contribution in [2.45, 2.75) is 58.0 Å². The van der Waals surface area contributed by atoms with Gasteiger partial charge in [0.15, 0.2) is 17.3 Å². The first kappa shape index (κ1) is 18.8. The molecule has 0 aliphatic carbocycles. The molecule has 1 unspecified atom stereocenters. The normalized spacial score (nSPS) is 19.2. The second-order valence-corrected chi connectivity index (χ2v) is 7.39. The second-order valence-electron chi connectivity index (χ2n) is 7.39. The minimum atomic E-state index is -0.00973. The molecule has 4 rings (SSSR count). The van der Waals surface area contributed by atoms with E-state index in [0.717, 1.165) is 56.8 Å². The van der Waals surface area contributed by atoms with Crippen LogP contribution in [-0.2, 0) is 13.0 Å². The number of benzene rings is 1. The van der Waals surface area contributed by atoms with Crippen LogP contribution in [0, 0.1) is 0 Å². The minimum absolute atomic E-state index is 0.00973. The van der Waals surface area contributed by atoms with Crippen LogP contribution < -0.4 is 9.47 Å². The third kappa shape index (κ3) is 3.45. The van der Waals surface area contributed by atoms with E-state index < -0.39 is 0 Å². The highest BCUT2D eigenvalue weighted by atomic mass is 16.5.